The molecule has 2 heteroatoms. The van der Waals surface area contributed by atoms with Crippen molar-refractivity contribution in [3.63, 3.8) is 0 Å². The maximum Gasteiger partial charge on any atom is 0.0296 e. The van der Waals surface area contributed by atoms with E-state index in [1.54, 1.807) is 0 Å². The van der Waals surface area contributed by atoms with E-state index >= 15 is 0 Å². The van der Waals surface area contributed by atoms with Gasteiger partial charge in [-0.15, -0.1) is 0 Å². The van der Waals surface area contributed by atoms with Gasteiger partial charge in [0.2, 0.25) is 0 Å². The van der Waals surface area contributed by atoms with Crippen LogP contribution in [-0.4, -0.2) is 32.1 Å². The summed E-state index contributed by atoms with van der Waals surface area (Å²) in [4.78, 5) is 2.32. The van der Waals surface area contributed by atoms with Crippen LogP contribution < -0.4 is 5.32 Å². The van der Waals surface area contributed by atoms with Crippen molar-refractivity contribution >= 4 is 0 Å². The SMILES string of the molecule is CNCCN(C)C1=CC=CCC1. The molecule has 1 aliphatic carbocycles. The first-order chi connectivity index (χ1) is 5.84. The van der Waals surface area contributed by atoms with E-state index in [1.165, 1.54) is 18.5 Å². The van der Waals surface area contributed by atoms with Gasteiger partial charge in [0.25, 0.3) is 0 Å². The molecule has 0 fully saturated rings. The van der Waals surface area contributed by atoms with Gasteiger partial charge in [-0.3, -0.25) is 0 Å². The van der Waals surface area contributed by atoms with Crippen LogP contribution in [0.15, 0.2) is 23.9 Å². The van der Waals surface area contributed by atoms with E-state index in [2.05, 4.69) is 35.5 Å². The topological polar surface area (TPSA) is 15.3 Å². The third-order valence-corrected chi connectivity index (χ3v) is 2.18. The zero-order chi connectivity index (χ0) is 8.81. The molecule has 2 nitrogen and oxygen atoms in total. The Bertz CT molecular complexity index is 182. The third kappa shape index (κ3) is 2.70. The monoisotopic (exact) mass is 166 g/mol. The Hall–Kier alpha value is -0.760. The van der Waals surface area contributed by atoms with Crippen molar-refractivity contribution in [3.05, 3.63) is 23.9 Å². The number of nitrogens with one attached hydrogen (secondary N) is 1. The van der Waals surface area contributed by atoms with Gasteiger partial charge >= 0.3 is 0 Å². The fraction of sp³-hybridized carbons (Fsp3) is 0.600. The number of rotatable bonds is 4. The quantitative estimate of drug-likeness (QED) is 0.678. The summed E-state index contributed by atoms with van der Waals surface area (Å²) in [5.41, 5.74) is 1.45. The second kappa shape index (κ2) is 4.99. The van der Waals surface area contributed by atoms with Crippen LogP contribution in [0, 0.1) is 0 Å². The molecule has 1 N–H and O–H groups in total. The van der Waals surface area contributed by atoms with Gasteiger partial charge in [0.15, 0.2) is 0 Å². The second-order valence-corrected chi connectivity index (χ2v) is 3.15. The maximum atomic E-state index is 3.15. The van der Waals surface area contributed by atoms with E-state index in [0.717, 1.165) is 13.1 Å². The van der Waals surface area contributed by atoms with E-state index < -0.39 is 0 Å². The van der Waals surface area contributed by atoms with Crippen LogP contribution >= 0.6 is 0 Å². The van der Waals surface area contributed by atoms with E-state index in [1.807, 2.05) is 7.05 Å². The minimum Gasteiger partial charge on any atom is -0.377 e. The van der Waals surface area contributed by atoms with Gasteiger partial charge in [0.05, 0.1) is 0 Å². The van der Waals surface area contributed by atoms with E-state index in [9.17, 15) is 0 Å². The van der Waals surface area contributed by atoms with Crippen molar-refractivity contribution in [2.45, 2.75) is 12.8 Å². The van der Waals surface area contributed by atoms with E-state index in [4.69, 9.17) is 0 Å². The Labute approximate surface area is 74.9 Å². The zero-order valence-electron chi connectivity index (χ0n) is 8.01. The lowest BCUT2D eigenvalue weighted by molar-refractivity contribution is 0.399. The molecule has 0 spiro atoms. The molecule has 0 amide bonds. The lowest BCUT2D eigenvalue weighted by atomic mass is 10.1. The number of allylic oxidation sites excluding steroid dienone is 4. The molecular weight excluding hydrogens is 148 g/mol. The molecular formula is C10H18N2. The Morgan fingerprint density at radius 2 is 2.42 bits per heavy atom. The van der Waals surface area contributed by atoms with Crippen LogP contribution in [0.25, 0.3) is 0 Å². The van der Waals surface area contributed by atoms with Gasteiger partial charge < -0.3 is 10.2 Å². The fourth-order valence-electron chi connectivity index (χ4n) is 1.33. The minimum atomic E-state index is 1.05. The zero-order valence-corrected chi connectivity index (χ0v) is 8.01. The van der Waals surface area contributed by atoms with Gasteiger partial charge in [-0.2, -0.15) is 0 Å². The van der Waals surface area contributed by atoms with Crippen molar-refractivity contribution in [3.8, 4) is 0 Å². The molecule has 1 aliphatic rings. The summed E-state index contributed by atoms with van der Waals surface area (Å²) in [5.74, 6) is 0. The van der Waals surface area contributed by atoms with Gasteiger partial charge in [0.1, 0.15) is 0 Å². The van der Waals surface area contributed by atoms with Crippen LogP contribution in [0.2, 0.25) is 0 Å². The molecule has 0 aromatic carbocycles. The summed E-state index contributed by atoms with van der Waals surface area (Å²) in [6.07, 6.45) is 8.95. The molecule has 12 heavy (non-hydrogen) atoms. The highest BCUT2D eigenvalue weighted by Crippen LogP contribution is 2.13. The lowest BCUT2D eigenvalue weighted by Gasteiger charge is -2.23. The molecule has 0 aromatic rings. The van der Waals surface area contributed by atoms with Gasteiger partial charge in [-0.05, 0) is 26.0 Å². The molecule has 1 rings (SSSR count). The van der Waals surface area contributed by atoms with Crippen LogP contribution in [0.3, 0.4) is 0 Å². The van der Waals surface area contributed by atoms with Crippen molar-refractivity contribution in [2.24, 2.45) is 0 Å². The van der Waals surface area contributed by atoms with Gasteiger partial charge in [0, 0.05) is 25.8 Å². The van der Waals surface area contributed by atoms with Crippen molar-refractivity contribution in [1.29, 1.82) is 0 Å². The minimum absolute atomic E-state index is 1.05. The Kier molecular flexibility index (Phi) is 3.88. The summed E-state index contributed by atoms with van der Waals surface area (Å²) in [6.45, 7) is 2.15. The first-order valence-electron chi connectivity index (χ1n) is 4.56. The van der Waals surface area contributed by atoms with Crippen molar-refractivity contribution in [1.82, 2.24) is 10.2 Å². The number of likely N-dealkylation sites (N-methyl/N-ethyl adjacent to an activating group) is 2. The standard InChI is InChI=1S/C10H18N2/c1-11-8-9-12(2)10-6-4-3-5-7-10/h3-4,6,11H,5,7-9H2,1-2H3. The highest BCUT2D eigenvalue weighted by atomic mass is 15.1. The summed E-state index contributed by atoms with van der Waals surface area (Å²) in [5, 5.41) is 3.15. The average molecular weight is 166 g/mol. The molecule has 0 aliphatic heterocycles. The van der Waals surface area contributed by atoms with Gasteiger partial charge in [-0.1, -0.05) is 12.2 Å². The molecule has 0 heterocycles. The fourth-order valence-corrected chi connectivity index (χ4v) is 1.33. The Morgan fingerprint density at radius 1 is 1.58 bits per heavy atom. The highest BCUT2D eigenvalue weighted by Gasteiger charge is 2.03. The predicted octanol–water partition coefficient (Wildman–Crippen LogP) is 1.37. The number of nitrogens with zero attached hydrogens (tertiary/aromatic N) is 1. The summed E-state index contributed by atoms with van der Waals surface area (Å²) < 4.78 is 0. The van der Waals surface area contributed by atoms with E-state index in [-0.39, 0.29) is 0 Å². The van der Waals surface area contributed by atoms with Gasteiger partial charge in [-0.25, -0.2) is 0 Å². The molecule has 0 aromatic heterocycles. The number of hydrogen-bond donors (Lipinski definition) is 1. The Morgan fingerprint density at radius 3 is 3.00 bits per heavy atom. The molecule has 68 valence electrons. The predicted molar refractivity (Wildman–Crippen MR) is 53.0 cm³/mol. The first kappa shape index (κ1) is 9.33. The van der Waals surface area contributed by atoms with E-state index in [0.29, 0.717) is 0 Å². The number of hydrogen-bond acceptors (Lipinski definition) is 2. The normalized spacial score (nSPS) is 16.0. The third-order valence-electron chi connectivity index (χ3n) is 2.18. The molecule has 0 atom stereocenters. The van der Waals surface area contributed by atoms with Crippen LogP contribution in [0.5, 0.6) is 0 Å². The average Bonchev–Trinajstić information content (AvgIpc) is 2.15. The highest BCUT2D eigenvalue weighted by molar-refractivity contribution is 5.16. The summed E-state index contributed by atoms with van der Waals surface area (Å²) in [7, 11) is 4.14. The summed E-state index contributed by atoms with van der Waals surface area (Å²) in [6, 6.07) is 0. The smallest absolute Gasteiger partial charge is 0.0296 e. The summed E-state index contributed by atoms with van der Waals surface area (Å²) >= 11 is 0. The van der Waals surface area contributed by atoms with Crippen LogP contribution in [0.4, 0.5) is 0 Å². The lowest BCUT2D eigenvalue weighted by Crippen LogP contribution is -2.27. The molecule has 0 unspecified atom stereocenters. The van der Waals surface area contributed by atoms with Crippen LogP contribution in [-0.2, 0) is 0 Å². The largest absolute Gasteiger partial charge is 0.377 e. The van der Waals surface area contributed by atoms with Crippen LogP contribution in [0.1, 0.15) is 12.8 Å². The molecule has 0 bridgehead atoms. The Balaban J connectivity index is 2.35. The molecule has 0 radical (unpaired) electrons. The van der Waals surface area contributed by atoms with Crippen molar-refractivity contribution < 1.29 is 0 Å². The van der Waals surface area contributed by atoms with Crippen molar-refractivity contribution in [2.75, 3.05) is 27.2 Å². The first-order valence-corrected chi connectivity index (χ1v) is 4.56. The second-order valence-electron chi connectivity index (χ2n) is 3.15. The molecule has 0 saturated heterocycles. The maximum absolute atomic E-state index is 3.15. The molecule has 0 saturated carbocycles.